The number of halogens is 1. The van der Waals surface area contributed by atoms with Crippen LogP contribution in [0.5, 0.6) is 0 Å². The molecule has 7 heteroatoms. The van der Waals surface area contributed by atoms with Gasteiger partial charge in [0.25, 0.3) is 0 Å². The summed E-state index contributed by atoms with van der Waals surface area (Å²) in [5.74, 6) is -0.963. The Bertz CT molecular complexity index is 921. The lowest BCUT2D eigenvalue weighted by molar-refractivity contribution is -0.122. The van der Waals surface area contributed by atoms with Crippen LogP contribution in [0.4, 0.5) is 14.9 Å². The first-order valence-electron chi connectivity index (χ1n) is 12.1. The van der Waals surface area contributed by atoms with Gasteiger partial charge < -0.3 is 19.9 Å². The number of likely N-dealkylation sites (tertiary alicyclic amines) is 1. The lowest BCUT2D eigenvalue weighted by Gasteiger charge is -2.47. The minimum absolute atomic E-state index is 0.170. The Morgan fingerprint density at radius 2 is 1.79 bits per heavy atom. The molecule has 1 atom stereocenters. The number of amides is 2. The Balaban J connectivity index is 1.36. The Kier molecular flexibility index (Phi) is 6.43. The zero-order chi connectivity index (χ0) is 23.8. The van der Waals surface area contributed by atoms with E-state index in [1.165, 1.54) is 6.07 Å². The number of carbonyl (C=O) groups is 2. The first kappa shape index (κ1) is 23.6. The quantitative estimate of drug-likeness (QED) is 0.683. The van der Waals surface area contributed by atoms with E-state index in [1.807, 2.05) is 37.8 Å². The number of allylic oxidation sites excluding steroid dienone is 1. The summed E-state index contributed by atoms with van der Waals surface area (Å²) in [6.45, 7) is 12.7. The fraction of sp³-hybridized carbons (Fsp3) is 0.615. The Hall–Kier alpha value is -2.57. The predicted octanol–water partition coefficient (Wildman–Crippen LogP) is 4.95. The number of carbonyl (C=O) groups excluding carboxylic acids is 2. The predicted molar refractivity (Wildman–Crippen MR) is 127 cm³/mol. The van der Waals surface area contributed by atoms with Gasteiger partial charge in [-0.3, -0.25) is 4.79 Å². The largest absolute Gasteiger partial charge is 0.444 e. The number of ether oxygens (including phenoxy) is 1. The molecule has 4 rings (SSSR count). The summed E-state index contributed by atoms with van der Waals surface area (Å²) in [5.41, 5.74) is 1.93. The molecular weight excluding hydrogens is 421 g/mol. The van der Waals surface area contributed by atoms with Crippen LogP contribution < -0.4 is 10.2 Å². The highest BCUT2D eigenvalue weighted by atomic mass is 19.1. The van der Waals surface area contributed by atoms with Crippen molar-refractivity contribution in [1.82, 2.24) is 10.2 Å². The molecule has 2 amide bonds. The second kappa shape index (κ2) is 8.99. The van der Waals surface area contributed by atoms with E-state index < -0.39 is 11.5 Å². The summed E-state index contributed by atoms with van der Waals surface area (Å²) >= 11 is 0. The second-order valence-corrected chi connectivity index (χ2v) is 10.8. The first-order valence-corrected chi connectivity index (χ1v) is 12.1. The topological polar surface area (TPSA) is 61.9 Å². The highest BCUT2D eigenvalue weighted by Gasteiger charge is 2.39. The molecule has 1 unspecified atom stereocenters. The third-order valence-corrected chi connectivity index (χ3v) is 7.37. The van der Waals surface area contributed by atoms with Crippen LogP contribution in [0.2, 0.25) is 0 Å². The van der Waals surface area contributed by atoms with Crippen molar-refractivity contribution < 1.29 is 18.7 Å². The summed E-state index contributed by atoms with van der Waals surface area (Å²) < 4.78 is 20.1. The lowest BCUT2D eigenvalue weighted by atomic mass is 9.71. The summed E-state index contributed by atoms with van der Waals surface area (Å²) in [6.07, 6.45) is 5.11. The van der Waals surface area contributed by atoms with Gasteiger partial charge in [0.05, 0.1) is 5.92 Å². The van der Waals surface area contributed by atoms with Crippen LogP contribution in [0.15, 0.2) is 30.5 Å². The normalized spacial score (nSPS) is 23.5. The van der Waals surface area contributed by atoms with Crippen LogP contribution in [0.25, 0.3) is 0 Å². The van der Waals surface area contributed by atoms with Crippen molar-refractivity contribution in [3.63, 3.8) is 0 Å². The second-order valence-electron chi connectivity index (χ2n) is 10.8. The molecule has 0 saturated carbocycles. The standard InChI is InChI=1S/C26H36FN3O3/c1-18-5-7-20(23(31)28-18)21-17-19(6-8-22(21)27)29-13-9-26(10-14-29)11-15-30(16-12-26)24(32)33-25(2,3)4/h6,8,17,20H,1,5,7,9-16H2,2-4H3,(H,28,31). The van der Waals surface area contributed by atoms with E-state index in [0.29, 0.717) is 24.1 Å². The van der Waals surface area contributed by atoms with Gasteiger partial charge in [0.2, 0.25) is 5.91 Å². The van der Waals surface area contributed by atoms with E-state index in [9.17, 15) is 14.0 Å². The molecule has 3 aliphatic rings. The molecule has 0 radical (unpaired) electrons. The van der Waals surface area contributed by atoms with Crippen molar-refractivity contribution in [1.29, 1.82) is 0 Å². The number of rotatable bonds is 2. The molecule has 3 heterocycles. The van der Waals surface area contributed by atoms with Crippen LogP contribution in [-0.4, -0.2) is 48.7 Å². The molecule has 6 nitrogen and oxygen atoms in total. The number of hydrogen-bond donors (Lipinski definition) is 1. The zero-order valence-electron chi connectivity index (χ0n) is 20.1. The van der Waals surface area contributed by atoms with Gasteiger partial charge in [-0.25, -0.2) is 9.18 Å². The minimum Gasteiger partial charge on any atom is -0.444 e. The molecule has 0 bridgehead atoms. The maximum atomic E-state index is 14.6. The minimum atomic E-state index is -0.474. The molecule has 1 N–H and O–H groups in total. The number of benzene rings is 1. The molecule has 180 valence electrons. The fourth-order valence-corrected chi connectivity index (χ4v) is 5.29. The van der Waals surface area contributed by atoms with Crippen LogP contribution in [-0.2, 0) is 9.53 Å². The van der Waals surface area contributed by atoms with Gasteiger partial charge in [-0.2, -0.15) is 0 Å². The fourth-order valence-electron chi connectivity index (χ4n) is 5.29. The van der Waals surface area contributed by atoms with Gasteiger partial charge in [0, 0.05) is 43.1 Å². The molecule has 1 aromatic rings. The summed E-state index contributed by atoms with van der Waals surface area (Å²) in [7, 11) is 0. The van der Waals surface area contributed by atoms with Crippen LogP contribution in [0.1, 0.15) is 70.8 Å². The number of piperidine rings is 3. The Morgan fingerprint density at radius 1 is 1.15 bits per heavy atom. The van der Waals surface area contributed by atoms with E-state index >= 15 is 0 Å². The number of anilines is 1. The highest BCUT2D eigenvalue weighted by molar-refractivity contribution is 5.86. The number of nitrogens with zero attached hydrogens (tertiary/aromatic N) is 2. The van der Waals surface area contributed by atoms with Crippen molar-refractivity contribution in [2.24, 2.45) is 5.41 Å². The summed E-state index contributed by atoms with van der Waals surface area (Å²) in [5, 5.41) is 2.77. The van der Waals surface area contributed by atoms with E-state index in [-0.39, 0.29) is 23.2 Å². The van der Waals surface area contributed by atoms with Gasteiger partial charge in [-0.1, -0.05) is 6.58 Å². The van der Waals surface area contributed by atoms with Gasteiger partial charge in [0.15, 0.2) is 0 Å². The van der Waals surface area contributed by atoms with Crippen molar-refractivity contribution in [2.75, 3.05) is 31.1 Å². The highest BCUT2D eigenvalue weighted by Crippen LogP contribution is 2.43. The molecule has 0 aromatic heterocycles. The first-order chi connectivity index (χ1) is 15.6. The molecule has 1 spiro atoms. The number of hydrogen-bond acceptors (Lipinski definition) is 4. The zero-order valence-corrected chi connectivity index (χ0v) is 20.1. The molecular formula is C26H36FN3O3. The molecule has 0 aliphatic carbocycles. The molecule has 3 fully saturated rings. The Labute approximate surface area is 196 Å². The smallest absolute Gasteiger partial charge is 0.410 e. The maximum Gasteiger partial charge on any atom is 0.410 e. The summed E-state index contributed by atoms with van der Waals surface area (Å²) in [4.78, 5) is 28.9. The van der Waals surface area contributed by atoms with Gasteiger partial charge in [-0.15, -0.1) is 0 Å². The van der Waals surface area contributed by atoms with Crippen LogP contribution in [0, 0.1) is 11.2 Å². The van der Waals surface area contributed by atoms with Gasteiger partial charge in [-0.05, 0) is 82.9 Å². The van der Waals surface area contributed by atoms with Crippen molar-refractivity contribution in [2.45, 2.75) is 70.8 Å². The van der Waals surface area contributed by atoms with Crippen LogP contribution >= 0.6 is 0 Å². The average molecular weight is 458 g/mol. The SMILES string of the molecule is C=C1CCC(c2cc(N3CCC4(CCN(C(=O)OC(C)(C)C)CC4)CC3)ccc2F)C(=O)N1. The third-order valence-electron chi connectivity index (χ3n) is 7.37. The summed E-state index contributed by atoms with van der Waals surface area (Å²) in [6, 6.07) is 5.17. The van der Waals surface area contributed by atoms with Crippen LogP contribution in [0.3, 0.4) is 0 Å². The van der Waals surface area contributed by atoms with Crippen molar-refractivity contribution in [3.8, 4) is 0 Å². The number of nitrogens with one attached hydrogen (secondary N) is 1. The van der Waals surface area contributed by atoms with Gasteiger partial charge >= 0.3 is 6.09 Å². The van der Waals surface area contributed by atoms with Gasteiger partial charge in [0.1, 0.15) is 11.4 Å². The maximum absolute atomic E-state index is 14.6. The Morgan fingerprint density at radius 3 is 2.39 bits per heavy atom. The monoisotopic (exact) mass is 457 g/mol. The van der Waals surface area contributed by atoms with Crippen molar-refractivity contribution in [3.05, 3.63) is 41.9 Å². The van der Waals surface area contributed by atoms with E-state index in [2.05, 4.69) is 16.8 Å². The molecule has 3 aliphatic heterocycles. The van der Waals surface area contributed by atoms with E-state index in [4.69, 9.17) is 4.74 Å². The molecule has 1 aromatic carbocycles. The van der Waals surface area contributed by atoms with Crippen molar-refractivity contribution >= 4 is 17.7 Å². The third kappa shape index (κ3) is 5.33. The molecule has 3 saturated heterocycles. The average Bonchev–Trinajstić information content (AvgIpc) is 2.74. The molecule has 33 heavy (non-hydrogen) atoms. The van der Waals surface area contributed by atoms with E-state index in [1.54, 1.807) is 0 Å². The lowest BCUT2D eigenvalue weighted by Crippen LogP contribution is -2.49. The van der Waals surface area contributed by atoms with E-state index in [0.717, 1.165) is 57.5 Å².